The Balaban J connectivity index is 1.84. The molecule has 3 aliphatic rings. The van der Waals surface area contributed by atoms with E-state index in [0.717, 1.165) is 5.56 Å². The highest BCUT2D eigenvalue weighted by molar-refractivity contribution is 7.82. The molecule has 3 unspecified atom stereocenters. The van der Waals surface area contributed by atoms with E-state index in [1.165, 1.54) is 20.3 Å². The molecule has 0 bridgehead atoms. The van der Waals surface area contributed by atoms with Crippen LogP contribution < -0.4 is 19.3 Å². The van der Waals surface area contributed by atoms with Crippen molar-refractivity contribution in [3.05, 3.63) is 52.2 Å². The minimum Gasteiger partial charge on any atom is -0.498 e. The van der Waals surface area contributed by atoms with Crippen LogP contribution in [0.3, 0.4) is 0 Å². The van der Waals surface area contributed by atoms with E-state index >= 15 is 0 Å². The van der Waals surface area contributed by atoms with Crippen molar-refractivity contribution in [1.82, 2.24) is 4.90 Å². The number of hydrogen-bond donors (Lipinski definition) is 1. The van der Waals surface area contributed by atoms with Crippen molar-refractivity contribution in [3.63, 3.8) is 0 Å². The van der Waals surface area contributed by atoms with Crippen LogP contribution in [0.25, 0.3) is 0 Å². The van der Waals surface area contributed by atoms with E-state index in [4.69, 9.17) is 33.6 Å². The Hall–Kier alpha value is -3.24. The van der Waals surface area contributed by atoms with Crippen LogP contribution in [0.4, 0.5) is 0 Å². The third kappa shape index (κ3) is 4.43. The topological polar surface area (TPSA) is 119 Å². The zero-order chi connectivity index (χ0) is 25.3. The van der Waals surface area contributed by atoms with Gasteiger partial charge in [0.05, 0.1) is 27.4 Å². The highest BCUT2D eigenvalue weighted by Gasteiger charge is 2.44. The third-order valence-corrected chi connectivity index (χ3v) is 7.07. The van der Waals surface area contributed by atoms with Crippen molar-refractivity contribution >= 4 is 17.0 Å². The number of methoxy groups -OCH3 is 3. The largest absolute Gasteiger partial charge is 0.498 e. The van der Waals surface area contributed by atoms with Crippen molar-refractivity contribution in [2.45, 2.75) is 30.4 Å². The number of nitrogens with two attached hydrogens (primary N) is 1. The maximum absolute atomic E-state index is 12.6. The van der Waals surface area contributed by atoms with Crippen molar-refractivity contribution in [3.8, 4) is 17.2 Å². The number of rotatable bonds is 7. The molecule has 0 saturated heterocycles. The second kappa shape index (κ2) is 10.2. The predicted molar refractivity (Wildman–Crippen MR) is 126 cm³/mol. The molecular formula is C24H28N2O8S. The lowest BCUT2D eigenvalue weighted by atomic mass is 9.86. The van der Waals surface area contributed by atoms with Gasteiger partial charge in [0, 0.05) is 29.8 Å². The normalized spacial score (nSPS) is 22.2. The second-order valence-corrected chi connectivity index (χ2v) is 9.08. The van der Waals surface area contributed by atoms with Gasteiger partial charge in [-0.05, 0) is 32.0 Å². The SMILES string of the molecule is CO/C(C)=C(/C=C=CC1=CC(=O)OC1C1c2c(c(S(N)=O)c3c(c2OC)OCO3)CCN1C)OC. The van der Waals surface area contributed by atoms with E-state index in [9.17, 15) is 9.00 Å². The van der Waals surface area contributed by atoms with E-state index in [1.807, 2.05) is 7.05 Å². The van der Waals surface area contributed by atoms with Gasteiger partial charge in [0.15, 0.2) is 17.3 Å². The number of nitrogens with zero attached hydrogens (tertiary/aromatic N) is 1. The summed E-state index contributed by atoms with van der Waals surface area (Å²) in [4.78, 5) is 14.8. The molecule has 0 saturated carbocycles. The maximum atomic E-state index is 12.6. The fraction of sp³-hybridized carbons (Fsp3) is 0.417. The first-order chi connectivity index (χ1) is 16.8. The molecule has 3 aliphatic heterocycles. The van der Waals surface area contributed by atoms with Crippen LogP contribution in [0.15, 0.2) is 45.9 Å². The number of ether oxygens (including phenoxy) is 6. The van der Waals surface area contributed by atoms with Gasteiger partial charge >= 0.3 is 5.97 Å². The Kier molecular flexibility index (Phi) is 7.23. The molecule has 4 rings (SSSR count). The molecule has 3 atom stereocenters. The summed E-state index contributed by atoms with van der Waals surface area (Å²) in [5.74, 6) is 1.73. The molecule has 0 aliphatic carbocycles. The Morgan fingerprint density at radius 3 is 2.66 bits per heavy atom. The molecular weight excluding hydrogens is 476 g/mol. The summed E-state index contributed by atoms with van der Waals surface area (Å²) in [5, 5.41) is 5.87. The van der Waals surface area contributed by atoms with Crippen molar-refractivity contribution in [2.24, 2.45) is 5.14 Å². The number of benzene rings is 1. The summed E-state index contributed by atoms with van der Waals surface area (Å²) in [5.41, 5.74) is 5.10. The number of esters is 1. The molecule has 10 nitrogen and oxygen atoms in total. The number of fused-ring (bicyclic) bond motifs is 2. The van der Waals surface area contributed by atoms with Crippen LogP contribution in [0.1, 0.15) is 24.1 Å². The van der Waals surface area contributed by atoms with Crippen LogP contribution in [0, 0.1) is 0 Å². The first-order valence-corrected chi connectivity index (χ1v) is 12.1. The Morgan fingerprint density at radius 1 is 1.26 bits per heavy atom. The van der Waals surface area contributed by atoms with Gasteiger partial charge in [0.25, 0.3) is 0 Å². The summed E-state index contributed by atoms with van der Waals surface area (Å²) < 4.78 is 45.9. The molecule has 1 aromatic rings. The summed E-state index contributed by atoms with van der Waals surface area (Å²) in [7, 11) is 4.70. The van der Waals surface area contributed by atoms with Crippen molar-refractivity contribution < 1.29 is 37.4 Å². The van der Waals surface area contributed by atoms with Crippen molar-refractivity contribution in [1.29, 1.82) is 0 Å². The van der Waals surface area contributed by atoms with Gasteiger partial charge < -0.3 is 28.4 Å². The zero-order valence-corrected chi connectivity index (χ0v) is 21.0. The monoisotopic (exact) mass is 504 g/mol. The van der Waals surface area contributed by atoms with Crippen LogP contribution in [0.5, 0.6) is 17.2 Å². The van der Waals surface area contributed by atoms with Crippen LogP contribution in [0.2, 0.25) is 0 Å². The van der Waals surface area contributed by atoms with Crippen LogP contribution >= 0.6 is 0 Å². The standard InChI is InChI=1S/C24H28N2O8S/c1-13(29-3)16(30-4)8-6-7-14-11-17(27)34-20(14)19-18-15(9-10-26(19)2)24(35(25)28)23-22(21(18)31-5)32-12-33-23/h7-8,11,19-20H,9-10,12,25H2,1-5H3/b16-13-. The lowest BCUT2D eigenvalue weighted by molar-refractivity contribution is -0.141. The van der Waals surface area contributed by atoms with Gasteiger partial charge in [-0.3, -0.25) is 4.90 Å². The van der Waals surface area contributed by atoms with Crippen LogP contribution in [-0.4, -0.2) is 62.9 Å². The fourth-order valence-electron chi connectivity index (χ4n) is 4.58. The number of likely N-dealkylation sites (N-methyl/N-ethyl adjacent to an activating group) is 1. The Morgan fingerprint density at radius 2 is 2.00 bits per heavy atom. The molecule has 3 heterocycles. The van der Waals surface area contributed by atoms with Gasteiger partial charge in [0.1, 0.15) is 27.7 Å². The Labute approximate surface area is 206 Å². The first kappa shape index (κ1) is 24.9. The highest BCUT2D eigenvalue weighted by atomic mass is 32.2. The molecule has 0 amide bonds. The van der Waals surface area contributed by atoms with E-state index in [0.29, 0.717) is 57.8 Å². The average Bonchev–Trinajstić information content (AvgIpc) is 3.46. The molecule has 11 heteroatoms. The second-order valence-electron chi connectivity index (χ2n) is 8.08. The quantitative estimate of drug-likeness (QED) is 0.257. The molecule has 0 spiro atoms. The average molecular weight is 505 g/mol. The lowest BCUT2D eigenvalue weighted by Gasteiger charge is -2.39. The third-order valence-electron chi connectivity index (χ3n) is 6.24. The lowest BCUT2D eigenvalue weighted by Crippen LogP contribution is -2.41. The van der Waals surface area contributed by atoms with Gasteiger partial charge in [-0.2, -0.15) is 0 Å². The van der Waals surface area contributed by atoms with Gasteiger partial charge in [-0.1, -0.05) is 0 Å². The molecule has 2 N–H and O–H groups in total. The minimum atomic E-state index is -1.83. The number of carbonyl (C=O) groups excluding carboxylic acids is 1. The van der Waals surface area contributed by atoms with E-state index in [1.54, 1.807) is 26.2 Å². The summed E-state index contributed by atoms with van der Waals surface area (Å²) >= 11 is 0. The summed E-state index contributed by atoms with van der Waals surface area (Å²) in [6.45, 7) is 2.34. The van der Waals surface area contributed by atoms with E-state index in [2.05, 4.69) is 10.6 Å². The summed E-state index contributed by atoms with van der Waals surface area (Å²) in [6.07, 6.45) is 4.59. The smallest absolute Gasteiger partial charge is 0.331 e. The van der Waals surface area contributed by atoms with Gasteiger partial charge in [0.2, 0.25) is 12.5 Å². The minimum absolute atomic E-state index is 0.0351. The maximum Gasteiger partial charge on any atom is 0.331 e. The van der Waals surface area contributed by atoms with E-state index in [-0.39, 0.29) is 6.79 Å². The first-order valence-electron chi connectivity index (χ1n) is 10.8. The number of allylic oxidation sites excluding steroid dienone is 2. The fourth-order valence-corrected chi connectivity index (χ4v) is 5.36. The Bertz CT molecular complexity index is 1200. The van der Waals surface area contributed by atoms with Crippen LogP contribution in [-0.2, 0) is 36.4 Å². The zero-order valence-electron chi connectivity index (χ0n) is 20.2. The molecule has 35 heavy (non-hydrogen) atoms. The van der Waals surface area contributed by atoms with Gasteiger partial charge in [-0.25, -0.2) is 14.1 Å². The number of hydrogen-bond acceptors (Lipinski definition) is 9. The van der Waals surface area contributed by atoms with Crippen molar-refractivity contribution in [2.75, 3.05) is 41.7 Å². The molecule has 1 aromatic carbocycles. The molecule has 0 fully saturated rings. The molecule has 0 aromatic heterocycles. The number of cyclic esters (lactones) is 1. The number of carbonyl (C=O) groups is 1. The van der Waals surface area contributed by atoms with Gasteiger partial charge in [-0.15, -0.1) is 5.73 Å². The molecule has 188 valence electrons. The summed E-state index contributed by atoms with van der Waals surface area (Å²) in [6, 6.07) is -0.459. The van der Waals surface area contributed by atoms with E-state index < -0.39 is 29.1 Å². The highest BCUT2D eigenvalue weighted by Crippen LogP contribution is 2.54. The predicted octanol–water partition coefficient (Wildman–Crippen LogP) is 2.02. The molecule has 0 radical (unpaired) electrons.